The van der Waals surface area contributed by atoms with Crippen molar-refractivity contribution in [1.82, 2.24) is 34.3 Å². The lowest BCUT2D eigenvalue weighted by Gasteiger charge is -2.26. The summed E-state index contributed by atoms with van der Waals surface area (Å²) in [7, 11) is 0. The Bertz CT molecular complexity index is 1750. The molecule has 7 rings (SSSR count). The normalized spacial score (nSPS) is 14.3. The molecular formula is C27H18ClN7O. The molecule has 2 aromatic carbocycles. The van der Waals surface area contributed by atoms with Crippen LogP contribution in [0.25, 0.3) is 22.7 Å². The number of fused-ring (bicyclic) bond motifs is 4. The van der Waals surface area contributed by atoms with Gasteiger partial charge in [-0.1, -0.05) is 48.0 Å². The summed E-state index contributed by atoms with van der Waals surface area (Å²) < 4.78 is 9.94. The second-order valence-corrected chi connectivity index (χ2v) is 8.98. The summed E-state index contributed by atoms with van der Waals surface area (Å²) in [5.41, 5.74) is 6.10. The second kappa shape index (κ2) is 8.00. The fourth-order valence-corrected chi connectivity index (χ4v) is 4.95. The molecule has 1 aliphatic rings. The Morgan fingerprint density at radius 1 is 0.917 bits per heavy atom. The molecule has 0 fully saturated rings. The van der Waals surface area contributed by atoms with Crippen LogP contribution in [0.2, 0.25) is 5.02 Å². The van der Waals surface area contributed by atoms with Gasteiger partial charge in [-0.25, -0.2) is 19.2 Å². The summed E-state index contributed by atoms with van der Waals surface area (Å²) in [6.07, 6.45) is 5.08. The molecule has 4 aromatic heterocycles. The van der Waals surface area contributed by atoms with Crippen LogP contribution in [0.15, 0.2) is 85.5 Å². The van der Waals surface area contributed by atoms with E-state index in [2.05, 4.69) is 27.2 Å². The zero-order valence-electron chi connectivity index (χ0n) is 19.1. The molecule has 36 heavy (non-hydrogen) atoms. The van der Waals surface area contributed by atoms with Crippen LogP contribution >= 0.6 is 11.6 Å². The van der Waals surface area contributed by atoms with E-state index < -0.39 is 0 Å². The predicted molar refractivity (Wildman–Crippen MR) is 135 cm³/mol. The van der Waals surface area contributed by atoms with Crippen LogP contribution in [0.4, 0.5) is 0 Å². The lowest BCUT2D eigenvalue weighted by molar-refractivity contribution is 0.402. The van der Waals surface area contributed by atoms with E-state index >= 15 is 0 Å². The maximum absolute atomic E-state index is 6.45. The fourth-order valence-electron chi connectivity index (χ4n) is 4.76. The molecule has 6 aromatic rings. The van der Waals surface area contributed by atoms with Crippen molar-refractivity contribution < 1.29 is 4.74 Å². The average Bonchev–Trinajstić information content (AvgIpc) is 3.50. The summed E-state index contributed by atoms with van der Waals surface area (Å²) in [6.45, 7) is 1.99. The first-order valence-corrected chi connectivity index (χ1v) is 11.8. The zero-order valence-corrected chi connectivity index (χ0v) is 19.8. The van der Waals surface area contributed by atoms with Crippen molar-refractivity contribution in [3.05, 3.63) is 113 Å². The highest BCUT2D eigenvalue weighted by Crippen LogP contribution is 2.49. The highest BCUT2D eigenvalue weighted by molar-refractivity contribution is 6.30. The van der Waals surface area contributed by atoms with Gasteiger partial charge in [0.1, 0.15) is 6.33 Å². The van der Waals surface area contributed by atoms with E-state index in [1.807, 2.05) is 61.5 Å². The van der Waals surface area contributed by atoms with Gasteiger partial charge < -0.3 is 4.74 Å². The molecule has 0 aliphatic carbocycles. The Morgan fingerprint density at radius 3 is 2.56 bits per heavy atom. The summed E-state index contributed by atoms with van der Waals surface area (Å²) >= 11 is 6.29. The number of halogens is 1. The van der Waals surface area contributed by atoms with Crippen LogP contribution < -0.4 is 4.74 Å². The molecule has 0 saturated carbocycles. The highest BCUT2D eigenvalue weighted by Gasteiger charge is 2.38. The molecule has 1 atom stereocenters. The minimum absolute atomic E-state index is 0.205. The van der Waals surface area contributed by atoms with Gasteiger partial charge in [0.05, 0.1) is 28.4 Å². The van der Waals surface area contributed by atoms with Crippen LogP contribution in [0, 0.1) is 6.92 Å². The minimum Gasteiger partial charge on any atom is -0.420 e. The molecule has 9 heteroatoms. The van der Waals surface area contributed by atoms with E-state index in [0.29, 0.717) is 28.3 Å². The van der Waals surface area contributed by atoms with E-state index in [4.69, 9.17) is 26.4 Å². The standard InChI is InChI=1S/C27H18ClN7O/c1-16-21-22(17-6-3-2-4-7-17)23-25-31-24(18-10-12-29-13-11-18)33-34(25)15-30-26(23)36-27(21)35(32-16)20-9-5-8-19(28)14-20/h2-15,22H,1H3. The van der Waals surface area contributed by atoms with Gasteiger partial charge in [0.2, 0.25) is 11.8 Å². The molecule has 174 valence electrons. The maximum atomic E-state index is 6.45. The first-order valence-electron chi connectivity index (χ1n) is 11.4. The average molecular weight is 492 g/mol. The van der Waals surface area contributed by atoms with Gasteiger partial charge in [-0.3, -0.25) is 4.98 Å². The molecule has 1 aliphatic heterocycles. The largest absolute Gasteiger partial charge is 0.420 e. The van der Waals surface area contributed by atoms with Crippen LogP contribution in [-0.2, 0) is 0 Å². The van der Waals surface area contributed by atoms with Crippen molar-refractivity contribution in [2.24, 2.45) is 0 Å². The molecule has 0 N–H and O–H groups in total. The molecule has 8 nitrogen and oxygen atoms in total. The summed E-state index contributed by atoms with van der Waals surface area (Å²) in [6, 6.07) is 21.6. The quantitative estimate of drug-likeness (QED) is 0.319. The van der Waals surface area contributed by atoms with Gasteiger partial charge in [-0.05, 0) is 42.8 Å². The van der Waals surface area contributed by atoms with E-state index in [9.17, 15) is 0 Å². The first-order chi connectivity index (χ1) is 17.7. The molecule has 5 heterocycles. The Morgan fingerprint density at radius 2 is 1.75 bits per heavy atom. The zero-order chi connectivity index (χ0) is 24.2. The van der Waals surface area contributed by atoms with Crippen LogP contribution in [0.3, 0.4) is 0 Å². The minimum atomic E-state index is -0.205. The number of aromatic nitrogens is 7. The number of nitrogens with zero attached hydrogens (tertiary/aromatic N) is 7. The lowest BCUT2D eigenvalue weighted by Crippen LogP contribution is -2.16. The molecule has 0 amide bonds. The smallest absolute Gasteiger partial charge is 0.230 e. The number of hydrogen-bond donors (Lipinski definition) is 0. The fraction of sp³-hybridized carbons (Fsp3) is 0.0741. The third kappa shape index (κ3) is 3.19. The maximum Gasteiger partial charge on any atom is 0.230 e. The van der Waals surface area contributed by atoms with Crippen molar-refractivity contribution >= 4 is 17.2 Å². The van der Waals surface area contributed by atoms with Gasteiger partial charge in [-0.2, -0.15) is 5.10 Å². The van der Waals surface area contributed by atoms with Crippen molar-refractivity contribution in [2.45, 2.75) is 12.8 Å². The van der Waals surface area contributed by atoms with Crippen molar-refractivity contribution in [2.75, 3.05) is 0 Å². The predicted octanol–water partition coefficient (Wildman–Crippen LogP) is 5.62. The number of aryl methyl sites for hydroxylation is 1. The molecule has 0 saturated heterocycles. The highest BCUT2D eigenvalue weighted by atomic mass is 35.5. The first kappa shape index (κ1) is 20.8. The Balaban J connectivity index is 1.49. The number of ether oxygens (including phenoxy) is 1. The van der Waals surface area contributed by atoms with Gasteiger partial charge in [-0.15, -0.1) is 5.10 Å². The van der Waals surface area contributed by atoms with Gasteiger partial charge in [0, 0.05) is 23.0 Å². The van der Waals surface area contributed by atoms with E-state index in [0.717, 1.165) is 33.6 Å². The number of rotatable bonds is 3. The van der Waals surface area contributed by atoms with Crippen molar-refractivity contribution in [1.29, 1.82) is 0 Å². The molecule has 0 radical (unpaired) electrons. The Hall–Kier alpha value is -4.56. The van der Waals surface area contributed by atoms with E-state index in [1.54, 1.807) is 27.9 Å². The topological polar surface area (TPSA) is 83.0 Å². The molecular weight excluding hydrogens is 474 g/mol. The van der Waals surface area contributed by atoms with E-state index in [1.165, 1.54) is 0 Å². The van der Waals surface area contributed by atoms with Gasteiger partial charge in [0.15, 0.2) is 11.5 Å². The number of pyridine rings is 1. The van der Waals surface area contributed by atoms with Crippen molar-refractivity contribution in [3.8, 4) is 28.8 Å². The summed E-state index contributed by atoms with van der Waals surface area (Å²) in [4.78, 5) is 13.7. The van der Waals surface area contributed by atoms with Crippen LogP contribution in [0.1, 0.15) is 28.3 Å². The third-order valence-corrected chi connectivity index (χ3v) is 6.58. The second-order valence-electron chi connectivity index (χ2n) is 8.54. The Kier molecular flexibility index (Phi) is 4.62. The Labute approximate surface area is 210 Å². The molecule has 1 unspecified atom stereocenters. The number of hydrogen-bond acceptors (Lipinski definition) is 6. The monoisotopic (exact) mass is 491 g/mol. The van der Waals surface area contributed by atoms with Crippen LogP contribution in [-0.4, -0.2) is 34.3 Å². The third-order valence-electron chi connectivity index (χ3n) is 6.34. The van der Waals surface area contributed by atoms with Crippen LogP contribution in [0.5, 0.6) is 11.8 Å². The molecule has 0 bridgehead atoms. The SMILES string of the molecule is Cc1nn(-c2cccc(Cl)c2)c2c1C(c1ccccc1)c1c(ncn3nc(-c4ccncc4)nc13)O2. The number of benzene rings is 2. The summed E-state index contributed by atoms with van der Waals surface area (Å²) in [5.74, 6) is 1.47. The van der Waals surface area contributed by atoms with Gasteiger partial charge >= 0.3 is 0 Å². The molecule has 0 spiro atoms. The van der Waals surface area contributed by atoms with Gasteiger partial charge in [0.25, 0.3) is 0 Å². The van der Waals surface area contributed by atoms with E-state index in [-0.39, 0.29) is 5.92 Å². The van der Waals surface area contributed by atoms with Crippen molar-refractivity contribution in [3.63, 3.8) is 0 Å². The summed E-state index contributed by atoms with van der Waals surface area (Å²) in [5, 5.41) is 10.2. The lowest BCUT2D eigenvalue weighted by atomic mass is 9.84.